The lowest BCUT2D eigenvalue weighted by molar-refractivity contribution is 0.100. The number of rotatable bonds is 3. The van der Waals surface area contributed by atoms with Crippen molar-refractivity contribution in [1.29, 1.82) is 0 Å². The molecule has 0 fully saturated rings. The summed E-state index contributed by atoms with van der Waals surface area (Å²) in [5, 5.41) is 3.28. The molecule has 2 aromatic carbocycles. The van der Waals surface area contributed by atoms with E-state index >= 15 is 0 Å². The predicted molar refractivity (Wildman–Crippen MR) is 86.3 cm³/mol. The highest BCUT2D eigenvalue weighted by Gasteiger charge is 2.09. The van der Waals surface area contributed by atoms with Gasteiger partial charge in [-0.15, -0.1) is 0 Å². The molecule has 0 aliphatic carbocycles. The summed E-state index contributed by atoms with van der Waals surface area (Å²) >= 11 is 3.46. The third kappa shape index (κ3) is 2.93. The molecule has 0 spiro atoms. The van der Waals surface area contributed by atoms with Crippen molar-refractivity contribution in [2.24, 2.45) is 5.73 Å². The lowest BCUT2D eigenvalue weighted by atomic mass is 10.1. The summed E-state index contributed by atoms with van der Waals surface area (Å²) in [6.07, 6.45) is 0. The fourth-order valence-electron chi connectivity index (χ4n) is 2.06. The minimum absolute atomic E-state index is 0.425. The van der Waals surface area contributed by atoms with E-state index in [-0.39, 0.29) is 0 Å². The first-order valence-corrected chi connectivity index (χ1v) is 6.91. The van der Waals surface area contributed by atoms with Gasteiger partial charge in [-0.2, -0.15) is 0 Å². The van der Waals surface area contributed by atoms with Crippen LogP contribution in [0, 0.1) is 13.8 Å². The number of halogens is 1. The van der Waals surface area contributed by atoms with Crippen molar-refractivity contribution in [3.8, 4) is 0 Å². The average molecular weight is 334 g/mol. The number of primary amides is 1. The first kappa shape index (κ1) is 14.4. The third-order valence-corrected chi connectivity index (χ3v) is 3.55. The van der Waals surface area contributed by atoms with Gasteiger partial charge in [-0.1, -0.05) is 15.9 Å². The van der Waals surface area contributed by atoms with E-state index in [9.17, 15) is 4.79 Å². The van der Waals surface area contributed by atoms with Crippen molar-refractivity contribution in [3.63, 3.8) is 0 Å². The van der Waals surface area contributed by atoms with E-state index in [4.69, 9.17) is 11.5 Å². The maximum atomic E-state index is 11.2. The summed E-state index contributed by atoms with van der Waals surface area (Å²) < 4.78 is 1.02. The van der Waals surface area contributed by atoms with Crippen molar-refractivity contribution < 1.29 is 4.79 Å². The van der Waals surface area contributed by atoms with E-state index in [0.717, 1.165) is 21.3 Å². The molecule has 2 rings (SSSR count). The fourth-order valence-corrected chi connectivity index (χ4v) is 2.75. The van der Waals surface area contributed by atoms with Crippen LogP contribution < -0.4 is 16.8 Å². The summed E-state index contributed by atoms with van der Waals surface area (Å²) in [6, 6.07) is 8.99. The highest BCUT2D eigenvalue weighted by atomic mass is 79.9. The first-order valence-electron chi connectivity index (χ1n) is 6.11. The normalized spacial score (nSPS) is 10.3. The summed E-state index contributed by atoms with van der Waals surface area (Å²) in [5.41, 5.74) is 16.0. The monoisotopic (exact) mass is 333 g/mol. The van der Waals surface area contributed by atoms with Crippen LogP contribution >= 0.6 is 15.9 Å². The number of nitrogens with two attached hydrogens (primary N) is 2. The van der Waals surface area contributed by atoms with E-state index in [1.54, 1.807) is 18.2 Å². The zero-order chi connectivity index (χ0) is 14.9. The standard InChI is InChI=1S/C15H16BrN3O/c1-8-5-11(16)6-9(2)14(8)19-13-7-10(15(18)20)3-4-12(13)17/h3-7,19H,17H2,1-2H3,(H2,18,20). The van der Waals surface area contributed by atoms with Crippen LogP contribution in [0.3, 0.4) is 0 Å². The first-order chi connectivity index (χ1) is 9.38. The van der Waals surface area contributed by atoms with Crippen molar-refractivity contribution in [2.75, 3.05) is 11.1 Å². The Morgan fingerprint density at radius 2 is 1.75 bits per heavy atom. The number of hydrogen-bond acceptors (Lipinski definition) is 3. The molecular formula is C15H16BrN3O. The van der Waals surface area contributed by atoms with Gasteiger partial charge in [-0.3, -0.25) is 4.79 Å². The molecular weight excluding hydrogens is 318 g/mol. The highest BCUT2D eigenvalue weighted by molar-refractivity contribution is 9.10. The van der Waals surface area contributed by atoms with Crippen LogP contribution in [-0.4, -0.2) is 5.91 Å². The zero-order valence-electron chi connectivity index (χ0n) is 11.3. The molecule has 104 valence electrons. The van der Waals surface area contributed by atoms with Crippen LogP contribution in [0.2, 0.25) is 0 Å². The topological polar surface area (TPSA) is 81.1 Å². The van der Waals surface area contributed by atoms with Crippen molar-refractivity contribution in [1.82, 2.24) is 0 Å². The molecule has 0 unspecified atom stereocenters. The van der Waals surface area contributed by atoms with Crippen LogP contribution in [0.5, 0.6) is 0 Å². The number of nitrogens with one attached hydrogen (secondary N) is 1. The number of nitrogen functional groups attached to an aromatic ring is 1. The van der Waals surface area contributed by atoms with Crippen LogP contribution in [-0.2, 0) is 0 Å². The maximum absolute atomic E-state index is 11.2. The Morgan fingerprint density at radius 3 is 2.30 bits per heavy atom. The molecule has 1 amide bonds. The van der Waals surface area contributed by atoms with Gasteiger partial charge in [-0.05, 0) is 55.3 Å². The van der Waals surface area contributed by atoms with Crippen molar-refractivity contribution in [2.45, 2.75) is 13.8 Å². The van der Waals surface area contributed by atoms with Gasteiger partial charge >= 0.3 is 0 Å². The number of hydrogen-bond donors (Lipinski definition) is 3. The summed E-state index contributed by atoms with van der Waals surface area (Å²) in [5.74, 6) is -0.475. The highest BCUT2D eigenvalue weighted by Crippen LogP contribution is 2.30. The van der Waals surface area contributed by atoms with Gasteiger partial charge in [0.1, 0.15) is 0 Å². The smallest absolute Gasteiger partial charge is 0.248 e. The Balaban J connectivity index is 2.45. The van der Waals surface area contributed by atoms with Gasteiger partial charge in [0, 0.05) is 15.7 Å². The van der Waals surface area contributed by atoms with Crippen LogP contribution in [0.15, 0.2) is 34.8 Å². The van der Waals surface area contributed by atoms with Gasteiger partial charge in [0.2, 0.25) is 5.91 Å². The minimum Gasteiger partial charge on any atom is -0.397 e. The van der Waals surface area contributed by atoms with Gasteiger partial charge in [-0.25, -0.2) is 0 Å². The van der Waals surface area contributed by atoms with Crippen molar-refractivity contribution in [3.05, 3.63) is 51.5 Å². The number of anilines is 3. The molecule has 0 aliphatic heterocycles. The Bertz CT molecular complexity index is 660. The number of amides is 1. The number of benzene rings is 2. The molecule has 0 aromatic heterocycles. The molecule has 0 heterocycles. The lowest BCUT2D eigenvalue weighted by Gasteiger charge is -2.15. The van der Waals surface area contributed by atoms with Gasteiger partial charge in [0.05, 0.1) is 11.4 Å². The second-order valence-electron chi connectivity index (χ2n) is 4.71. The summed E-state index contributed by atoms with van der Waals surface area (Å²) in [4.78, 5) is 11.2. The SMILES string of the molecule is Cc1cc(Br)cc(C)c1Nc1cc(C(N)=O)ccc1N. The van der Waals surface area contributed by atoms with Crippen LogP contribution in [0.25, 0.3) is 0 Å². The van der Waals surface area contributed by atoms with Gasteiger partial charge in [0.15, 0.2) is 0 Å². The minimum atomic E-state index is -0.475. The van der Waals surface area contributed by atoms with Crippen LogP contribution in [0.1, 0.15) is 21.5 Å². The van der Waals surface area contributed by atoms with Gasteiger partial charge < -0.3 is 16.8 Å². The van der Waals surface area contributed by atoms with Gasteiger partial charge in [0.25, 0.3) is 0 Å². The molecule has 2 aromatic rings. The number of carbonyl (C=O) groups excluding carboxylic acids is 1. The molecule has 0 radical (unpaired) electrons. The van der Waals surface area contributed by atoms with Crippen molar-refractivity contribution >= 4 is 38.9 Å². The Labute approximate surface area is 126 Å². The second-order valence-corrected chi connectivity index (χ2v) is 5.62. The average Bonchev–Trinajstić information content (AvgIpc) is 2.35. The fraction of sp³-hybridized carbons (Fsp3) is 0.133. The lowest BCUT2D eigenvalue weighted by Crippen LogP contribution is -2.11. The zero-order valence-corrected chi connectivity index (χ0v) is 12.9. The molecule has 0 atom stereocenters. The predicted octanol–water partition coefficient (Wildman–Crippen LogP) is 3.49. The van der Waals surface area contributed by atoms with Crippen LogP contribution in [0.4, 0.5) is 17.1 Å². The summed E-state index contributed by atoms with van der Waals surface area (Å²) in [7, 11) is 0. The molecule has 0 saturated heterocycles. The third-order valence-electron chi connectivity index (χ3n) is 3.09. The molecule has 0 saturated carbocycles. The van der Waals surface area contributed by atoms with E-state index in [2.05, 4.69) is 21.2 Å². The molecule has 0 bridgehead atoms. The van der Waals surface area contributed by atoms with E-state index in [1.807, 2.05) is 26.0 Å². The quantitative estimate of drug-likeness (QED) is 0.752. The molecule has 5 heteroatoms. The van der Waals surface area contributed by atoms with E-state index in [1.165, 1.54) is 0 Å². The largest absolute Gasteiger partial charge is 0.397 e. The number of carbonyl (C=O) groups is 1. The van der Waals surface area contributed by atoms with E-state index in [0.29, 0.717) is 16.9 Å². The maximum Gasteiger partial charge on any atom is 0.248 e. The molecule has 4 nitrogen and oxygen atoms in total. The number of aryl methyl sites for hydroxylation is 2. The summed E-state index contributed by atoms with van der Waals surface area (Å²) in [6.45, 7) is 4.02. The molecule has 0 aliphatic rings. The van der Waals surface area contributed by atoms with E-state index < -0.39 is 5.91 Å². The Kier molecular flexibility index (Phi) is 3.99. The second kappa shape index (κ2) is 5.54. The molecule has 5 N–H and O–H groups in total. The molecule has 20 heavy (non-hydrogen) atoms. The Hall–Kier alpha value is -2.01. The Morgan fingerprint density at radius 1 is 1.15 bits per heavy atom.